The lowest BCUT2D eigenvalue weighted by Crippen LogP contribution is -2.12. The number of alkyl halides is 3. The lowest BCUT2D eigenvalue weighted by atomic mass is 10.1. The van der Waals surface area contributed by atoms with Crippen LogP contribution < -0.4 is 10.1 Å². The zero-order valence-corrected chi connectivity index (χ0v) is 14.0. The number of carbonyl (C=O) groups excluding carboxylic acids is 1. The van der Waals surface area contributed by atoms with Crippen LogP contribution >= 0.6 is 0 Å². The highest BCUT2D eigenvalue weighted by atomic mass is 19.4. The third kappa shape index (κ3) is 4.25. The molecule has 2 rings (SSSR count). The minimum atomic E-state index is -4.60. The van der Waals surface area contributed by atoms with Gasteiger partial charge in [0.2, 0.25) is 0 Å². The van der Waals surface area contributed by atoms with Crippen molar-refractivity contribution in [1.29, 1.82) is 5.26 Å². The van der Waals surface area contributed by atoms with E-state index in [4.69, 9.17) is 10.00 Å². The summed E-state index contributed by atoms with van der Waals surface area (Å²) in [6.07, 6.45) is -4.60. The molecule has 0 radical (unpaired) electrons. The fourth-order valence-corrected chi connectivity index (χ4v) is 2.33. The van der Waals surface area contributed by atoms with Crippen LogP contribution in [0, 0.1) is 11.3 Å². The minimum absolute atomic E-state index is 0.0307. The molecule has 0 fully saturated rings. The summed E-state index contributed by atoms with van der Waals surface area (Å²) in [6.45, 7) is 0.0307. The number of hydrogen-bond acceptors (Lipinski definition) is 5. The van der Waals surface area contributed by atoms with Crippen LogP contribution in [0.5, 0.6) is 5.75 Å². The van der Waals surface area contributed by atoms with Crippen molar-refractivity contribution < 1.29 is 27.4 Å². The van der Waals surface area contributed by atoms with Crippen molar-refractivity contribution in [2.24, 2.45) is 0 Å². The van der Waals surface area contributed by atoms with Gasteiger partial charge in [0.05, 0.1) is 31.4 Å². The van der Waals surface area contributed by atoms with Gasteiger partial charge in [-0.3, -0.25) is 0 Å². The van der Waals surface area contributed by atoms with Gasteiger partial charge in [0.1, 0.15) is 11.3 Å². The summed E-state index contributed by atoms with van der Waals surface area (Å²) in [5, 5.41) is 11.5. The van der Waals surface area contributed by atoms with E-state index in [1.54, 1.807) is 12.1 Å². The third-order valence-electron chi connectivity index (χ3n) is 3.61. The molecule has 1 N–H and O–H groups in total. The smallest absolute Gasteiger partial charge is 0.418 e. The molecule has 2 aromatic rings. The largest absolute Gasteiger partial charge is 0.496 e. The maximum absolute atomic E-state index is 13.2. The molecule has 0 amide bonds. The van der Waals surface area contributed by atoms with Gasteiger partial charge in [-0.1, -0.05) is 6.07 Å². The molecule has 0 atom stereocenters. The Morgan fingerprint density at radius 3 is 2.50 bits per heavy atom. The summed E-state index contributed by atoms with van der Waals surface area (Å²) in [5.41, 5.74) is -0.445. The molecule has 0 saturated carbocycles. The normalized spacial score (nSPS) is 10.8. The van der Waals surface area contributed by atoms with Crippen molar-refractivity contribution in [1.82, 2.24) is 0 Å². The lowest BCUT2D eigenvalue weighted by Gasteiger charge is -2.15. The quantitative estimate of drug-likeness (QED) is 0.813. The molecule has 0 unspecified atom stereocenters. The molecule has 8 heteroatoms. The molecule has 0 aliphatic heterocycles. The van der Waals surface area contributed by atoms with Crippen LogP contribution in [-0.4, -0.2) is 20.2 Å². The van der Waals surface area contributed by atoms with E-state index in [0.29, 0.717) is 11.3 Å². The minimum Gasteiger partial charge on any atom is -0.496 e. The highest BCUT2D eigenvalue weighted by Crippen LogP contribution is 2.35. The van der Waals surface area contributed by atoms with Crippen LogP contribution in [0.2, 0.25) is 0 Å². The predicted molar refractivity (Wildman–Crippen MR) is 87.8 cm³/mol. The van der Waals surface area contributed by atoms with Gasteiger partial charge in [-0.2, -0.15) is 18.4 Å². The Balaban J connectivity index is 2.29. The number of nitrogens with zero attached hydrogens (tertiary/aromatic N) is 1. The first-order chi connectivity index (χ1) is 12.3. The van der Waals surface area contributed by atoms with Crippen molar-refractivity contribution in [3.63, 3.8) is 0 Å². The van der Waals surface area contributed by atoms with E-state index in [1.165, 1.54) is 38.5 Å². The summed E-state index contributed by atoms with van der Waals surface area (Å²) in [7, 11) is 2.62. The Morgan fingerprint density at radius 2 is 1.92 bits per heavy atom. The van der Waals surface area contributed by atoms with Gasteiger partial charge in [-0.05, 0) is 35.9 Å². The number of nitrogens with one attached hydrogen (secondary N) is 1. The van der Waals surface area contributed by atoms with Gasteiger partial charge in [0.25, 0.3) is 0 Å². The van der Waals surface area contributed by atoms with Crippen molar-refractivity contribution in [2.75, 3.05) is 19.5 Å². The van der Waals surface area contributed by atoms with Crippen molar-refractivity contribution in [2.45, 2.75) is 12.7 Å². The van der Waals surface area contributed by atoms with E-state index >= 15 is 0 Å². The van der Waals surface area contributed by atoms with Crippen LogP contribution in [0.3, 0.4) is 0 Å². The van der Waals surface area contributed by atoms with Crippen molar-refractivity contribution >= 4 is 11.7 Å². The second-order valence-electron chi connectivity index (χ2n) is 5.25. The fraction of sp³-hybridized carbons (Fsp3) is 0.222. The van der Waals surface area contributed by atoms with Crippen molar-refractivity contribution in [3.8, 4) is 11.8 Å². The van der Waals surface area contributed by atoms with E-state index in [-0.39, 0.29) is 23.4 Å². The van der Waals surface area contributed by atoms with Gasteiger partial charge >= 0.3 is 12.1 Å². The molecule has 136 valence electrons. The molecule has 0 aliphatic carbocycles. The third-order valence-corrected chi connectivity index (χ3v) is 3.61. The molecule has 26 heavy (non-hydrogen) atoms. The topological polar surface area (TPSA) is 71.3 Å². The van der Waals surface area contributed by atoms with Gasteiger partial charge < -0.3 is 14.8 Å². The highest BCUT2D eigenvalue weighted by molar-refractivity contribution is 5.92. The Kier molecular flexibility index (Phi) is 5.72. The average Bonchev–Trinajstić information content (AvgIpc) is 2.64. The van der Waals surface area contributed by atoms with E-state index in [2.05, 4.69) is 10.1 Å². The van der Waals surface area contributed by atoms with Gasteiger partial charge in [0.15, 0.2) is 0 Å². The van der Waals surface area contributed by atoms with E-state index in [0.717, 1.165) is 6.07 Å². The molecule has 0 aromatic heterocycles. The first-order valence-corrected chi connectivity index (χ1v) is 7.40. The molecule has 0 heterocycles. The summed E-state index contributed by atoms with van der Waals surface area (Å²) >= 11 is 0. The summed E-state index contributed by atoms with van der Waals surface area (Å²) in [6, 6.07) is 9.61. The number of rotatable bonds is 5. The van der Waals surface area contributed by atoms with E-state index in [1.807, 2.05) is 0 Å². The molecule has 5 nitrogen and oxygen atoms in total. The number of ether oxygens (including phenoxy) is 2. The SMILES string of the molecule is COC(=O)c1cc(CNc2ccc(C#N)cc2C(F)(F)F)ccc1OC. The fourth-order valence-electron chi connectivity index (χ4n) is 2.33. The van der Waals surface area contributed by atoms with Crippen LogP contribution in [-0.2, 0) is 17.5 Å². The summed E-state index contributed by atoms with van der Waals surface area (Å²) in [4.78, 5) is 11.8. The second-order valence-corrected chi connectivity index (χ2v) is 5.25. The molecule has 0 saturated heterocycles. The van der Waals surface area contributed by atoms with Gasteiger partial charge in [-0.15, -0.1) is 0 Å². The molecule has 0 aliphatic rings. The van der Waals surface area contributed by atoms with Crippen LogP contribution in [0.25, 0.3) is 0 Å². The van der Waals surface area contributed by atoms with Crippen LogP contribution in [0.4, 0.5) is 18.9 Å². The van der Waals surface area contributed by atoms with Crippen LogP contribution in [0.15, 0.2) is 36.4 Å². The van der Waals surface area contributed by atoms with E-state index < -0.39 is 17.7 Å². The number of hydrogen-bond donors (Lipinski definition) is 1. The molecule has 0 bridgehead atoms. The average molecular weight is 364 g/mol. The Hall–Kier alpha value is -3.21. The van der Waals surface area contributed by atoms with Crippen molar-refractivity contribution in [3.05, 3.63) is 58.7 Å². The Morgan fingerprint density at radius 1 is 1.19 bits per heavy atom. The zero-order valence-electron chi connectivity index (χ0n) is 14.0. The maximum Gasteiger partial charge on any atom is 0.418 e. The number of esters is 1. The number of methoxy groups -OCH3 is 2. The molecular formula is C18H15F3N2O3. The molecule has 2 aromatic carbocycles. The molecule has 0 spiro atoms. The first-order valence-electron chi connectivity index (χ1n) is 7.40. The Labute approximate surface area is 148 Å². The second kappa shape index (κ2) is 7.78. The maximum atomic E-state index is 13.2. The summed E-state index contributed by atoms with van der Waals surface area (Å²) < 4.78 is 49.3. The summed E-state index contributed by atoms with van der Waals surface area (Å²) in [5.74, 6) is -0.312. The van der Waals surface area contributed by atoms with Gasteiger partial charge in [-0.25, -0.2) is 4.79 Å². The number of halogens is 3. The standard InChI is InChI=1S/C18H15F3N2O3/c1-25-16-6-4-12(7-13(16)17(24)26-2)10-23-15-5-3-11(9-22)8-14(15)18(19,20)21/h3-8,23H,10H2,1-2H3. The van der Waals surface area contributed by atoms with E-state index in [9.17, 15) is 18.0 Å². The van der Waals surface area contributed by atoms with Gasteiger partial charge in [0, 0.05) is 12.2 Å². The predicted octanol–water partition coefficient (Wildman–Crippen LogP) is 3.98. The zero-order chi connectivity index (χ0) is 19.3. The number of benzene rings is 2. The molecular weight excluding hydrogens is 349 g/mol. The number of anilines is 1. The highest BCUT2D eigenvalue weighted by Gasteiger charge is 2.33. The Bertz CT molecular complexity index is 858. The monoisotopic (exact) mass is 364 g/mol. The number of nitriles is 1. The first kappa shape index (κ1) is 19.1. The van der Waals surface area contributed by atoms with Crippen LogP contribution in [0.1, 0.15) is 27.0 Å². The lowest BCUT2D eigenvalue weighted by molar-refractivity contribution is -0.137. The number of carbonyl (C=O) groups is 1.